The van der Waals surface area contributed by atoms with Crippen molar-refractivity contribution in [1.82, 2.24) is 0 Å². The zero-order chi connectivity index (χ0) is 24.6. The van der Waals surface area contributed by atoms with E-state index >= 15 is 0 Å². The Morgan fingerprint density at radius 2 is 1.32 bits per heavy atom. The number of hydrogen-bond donors (Lipinski definition) is 0. The molecule has 0 radical (unpaired) electrons. The summed E-state index contributed by atoms with van der Waals surface area (Å²) >= 11 is 0. The molecule has 0 aliphatic heterocycles. The highest BCUT2D eigenvalue weighted by Crippen LogP contribution is 2.45. The van der Waals surface area contributed by atoms with Crippen LogP contribution in [0, 0.1) is 18.8 Å². The van der Waals surface area contributed by atoms with E-state index in [0.717, 1.165) is 42.4 Å². The molecule has 0 aromatic heterocycles. The van der Waals surface area contributed by atoms with Crippen LogP contribution in [0.25, 0.3) is 0 Å². The van der Waals surface area contributed by atoms with Gasteiger partial charge in [0.05, 0.1) is 13.2 Å². The first-order valence-electron chi connectivity index (χ1n) is 13.5. The Morgan fingerprint density at radius 3 is 1.88 bits per heavy atom. The van der Waals surface area contributed by atoms with Crippen LogP contribution >= 0.6 is 0 Å². The Hall–Kier alpha value is -1.97. The molecule has 3 nitrogen and oxygen atoms in total. The van der Waals surface area contributed by atoms with Crippen molar-refractivity contribution in [3.05, 3.63) is 70.3 Å². The van der Waals surface area contributed by atoms with Gasteiger partial charge in [0.25, 0.3) is 0 Å². The van der Waals surface area contributed by atoms with Crippen molar-refractivity contribution in [3.8, 4) is 0 Å². The molecule has 1 aliphatic carbocycles. The van der Waals surface area contributed by atoms with Crippen molar-refractivity contribution in [2.45, 2.75) is 91.8 Å². The van der Waals surface area contributed by atoms with Crippen molar-refractivity contribution in [3.63, 3.8) is 0 Å². The number of hydrogen-bond acceptors (Lipinski definition) is 3. The number of carbonyl (C=O) groups is 1. The van der Waals surface area contributed by atoms with Gasteiger partial charge in [0, 0.05) is 22.3 Å². The number of aryl methyl sites for hydroxylation is 1. The first-order chi connectivity index (χ1) is 16.5. The van der Waals surface area contributed by atoms with Gasteiger partial charge in [0.2, 0.25) is 5.79 Å². The number of rotatable bonds is 14. The summed E-state index contributed by atoms with van der Waals surface area (Å²) in [5.41, 5.74) is 4.19. The fraction of sp³-hybridized carbons (Fsp3) is 0.581. The van der Waals surface area contributed by atoms with E-state index < -0.39 is 5.79 Å². The summed E-state index contributed by atoms with van der Waals surface area (Å²) in [6, 6.07) is 14.0. The van der Waals surface area contributed by atoms with Crippen LogP contribution in [-0.2, 0) is 15.3 Å². The molecule has 0 fully saturated rings. The van der Waals surface area contributed by atoms with Crippen molar-refractivity contribution in [1.29, 1.82) is 0 Å². The van der Waals surface area contributed by atoms with Crippen molar-refractivity contribution in [2.75, 3.05) is 13.2 Å². The highest BCUT2D eigenvalue weighted by Gasteiger charge is 2.46. The molecule has 0 saturated heterocycles. The van der Waals surface area contributed by atoms with Gasteiger partial charge >= 0.3 is 0 Å². The summed E-state index contributed by atoms with van der Waals surface area (Å²) in [5.74, 6) is -0.0391. The molecule has 2 aromatic carbocycles. The smallest absolute Gasteiger partial charge is 0.223 e. The van der Waals surface area contributed by atoms with Crippen LogP contribution in [0.3, 0.4) is 0 Å². The second-order valence-electron chi connectivity index (χ2n) is 10.00. The van der Waals surface area contributed by atoms with E-state index in [1.807, 2.05) is 37.3 Å². The molecule has 0 saturated carbocycles. The van der Waals surface area contributed by atoms with E-state index in [4.69, 9.17) is 9.47 Å². The van der Waals surface area contributed by atoms with Gasteiger partial charge in [-0.05, 0) is 37.7 Å². The first-order valence-corrected chi connectivity index (χ1v) is 13.5. The number of carbonyl (C=O) groups excluding carboxylic acids is 1. The van der Waals surface area contributed by atoms with Gasteiger partial charge in [-0.15, -0.1) is 0 Å². The predicted octanol–water partition coefficient (Wildman–Crippen LogP) is 8.21. The average Bonchev–Trinajstić information content (AvgIpc) is 2.87. The van der Waals surface area contributed by atoms with Crippen molar-refractivity contribution < 1.29 is 14.3 Å². The zero-order valence-corrected chi connectivity index (χ0v) is 22.0. The fourth-order valence-electron chi connectivity index (χ4n) is 5.01. The van der Waals surface area contributed by atoms with Gasteiger partial charge < -0.3 is 9.47 Å². The van der Waals surface area contributed by atoms with Crippen LogP contribution in [-0.4, -0.2) is 19.0 Å². The second kappa shape index (κ2) is 12.7. The monoisotopic (exact) mass is 464 g/mol. The first kappa shape index (κ1) is 26.6. The van der Waals surface area contributed by atoms with E-state index in [-0.39, 0.29) is 5.78 Å². The molecule has 0 amide bonds. The van der Waals surface area contributed by atoms with E-state index in [9.17, 15) is 4.79 Å². The Balaban J connectivity index is 2.06. The molecule has 2 aromatic rings. The maximum atomic E-state index is 13.5. The highest BCUT2D eigenvalue weighted by atomic mass is 16.7. The predicted molar refractivity (Wildman–Crippen MR) is 140 cm³/mol. The molecule has 0 bridgehead atoms. The topological polar surface area (TPSA) is 35.5 Å². The largest absolute Gasteiger partial charge is 0.342 e. The number of benzene rings is 2. The summed E-state index contributed by atoms with van der Waals surface area (Å²) in [6.07, 6.45) is 9.24. The van der Waals surface area contributed by atoms with Gasteiger partial charge in [-0.2, -0.15) is 0 Å². The summed E-state index contributed by atoms with van der Waals surface area (Å²) in [6.45, 7) is 12.2. The molecular weight excluding hydrogens is 420 g/mol. The van der Waals surface area contributed by atoms with Crippen molar-refractivity contribution in [2.24, 2.45) is 11.8 Å². The molecule has 3 heteroatoms. The van der Waals surface area contributed by atoms with E-state index in [1.165, 1.54) is 25.7 Å². The molecule has 186 valence electrons. The molecule has 0 spiro atoms. The van der Waals surface area contributed by atoms with Crippen LogP contribution < -0.4 is 0 Å². The molecule has 2 unspecified atom stereocenters. The van der Waals surface area contributed by atoms with Crippen LogP contribution in [0.4, 0.5) is 0 Å². The molecule has 2 atom stereocenters. The van der Waals surface area contributed by atoms with Gasteiger partial charge in [-0.3, -0.25) is 4.79 Å². The van der Waals surface area contributed by atoms with E-state index in [0.29, 0.717) is 36.2 Å². The minimum Gasteiger partial charge on any atom is -0.342 e. The van der Waals surface area contributed by atoms with Gasteiger partial charge in [0.15, 0.2) is 5.78 Å². The highest BCUT2D eigenvalue weighted by molar-refractivity contribution is 6.13. The zero-order valence-electron chi connectivity index (χ0n) is 22.0. The number of unbranched alkanes of at least 4 members (excludes halogenated alkanes) is 2. The summed E-state index contributed by atoms with van der Waals surface area (Å²) < 4.78 is 13.8. The number of ether oxygens (including phenoxy) is 2. The second-order valence-corrected chi connectivity index (χ2v) is 10.00. The molecule has 0 heterocycles. The normalized spacial score (nSPS) is 18.9. The fourth-order valence-corrected chi connectivity index (χ4v) is 5.01. The van der Waals surface area contributed by atoms with Crippen LogP contribution in [0.15, 0.2) is 42.5 Å². The van der Waals surface area contributed by atoms with Gasteiger partial charge in [0.1, 0.15) is 0 Å². The molecule has 0 N–H and O–H groups in total. The SMILES string of the molecule is CCCCC(CC)COC1(OCC(CC)CCCC)c2ccccc2C(=O)c2cc(C)ccc21. The Kier molecular flexibility index (Phi) is 9.91. The number of fused-ring (bicyclic) bond motifs is 2. The Morgan fingerprint density at radius 1 is 0.765 bits per heavy atom. The third-order valence-electron chi connectivity index (χ3n) is 7.43. The maximum Gasteiger partial charge on any atom is 0.223 e. The lowest BCUT2D eigenvalue weighted by Gasteiger charge is -2.41. The van der Waals surface area contributed by atoms with Crippen LogP contribution in [0.2, 0.25) is 0 Å². The lowest BCUT2D eigenvalue weighted by Crippen LogP contribution is -2.43. The summed E-state index contributed by atoms with van der Waals surface area (Å²) in [5, 5.41) is 0. The summed E-state index contributed by atoms with van der Waals surface area (Å²) in [4.78, 5) is 13.5. The third kappa shape index (κ3) is 5.80. The van der Waals surface area contributed by atoms with Crippen molar-refractivity contribution >= 4 is 5.78 Å². The third-order valence-corrected chi connectivity index (χ3v) is 7.43. The Labute approximate surface area is 207 Å². The molecule has 1 aliphatic rings. The lowest BCUT2D eigenvalue weighted by atomic mass is 9.79. The van der Waals surface area contributed by atoms with E-state index in [1.54, 1.807) is 0 Å². The molecule has 3 rings (SSSR count). The average molecular weight is 465 g/mol. The molecular formula is C31H44O3. The van der Waals surface area contributed by atoms with E-state index in [2.05, 4.69) is 39.8 Å². The van der Waals surface area contributed by atoms with Gasteiger partial charge in [-0.1, -0.05) is 108 Å². The van der Waals surface area contributed by atoms with Gasteiger partial charge in [-0.25, -0.2) is 0 Å². The minimum atomic E-state index is -1.05. The lowest BCUT2D eigenvalue weighted by molar-refractivity contribution is -0.231. The quantitative estimate of drug-likeness (QED) is 0.264. The standard InChI is InChI=1S/C31H44O3/c1-6-10-14-24(8-3)21-33-31(34-22-25(9-4)15-11-7-2)28-17-13-12-16-26(28)30(32)27-20-23(5)18-19-29(27)31/h12-13,16-20,24-25H,6-11,14-15,21-22H2,1-5H3. The maximum absolute atomic E-state index is 13.5. The number of ketones is 1. The minimum absolute atomic E-state index is 0.0631. The Bertz CT molecular complexity index is 912. The summed E-state index contributed by atoms with van der Waals surface area (Å²) in [7, 11) is 0. The van der Waals surface area contributed by atoms with Crippen LogP contribution in [0.5, 0.6) is 0 Å². The molecule has 34 heavy (non-hydrogen) atoms. The van der Waals surface area contributed by atoms with Crippen LogP contribution in [0.1, 0.15) is 112 Å².